The second-order valence-corrected chi connectivity index (χ2v) is 4.99. The van der Waals surface area contributed by atoms with Crippen LogP contribution in [-0.4, -0.2) is 8.83 Å². The Labute approximate surface area is 65.5 Å². The Balaban J connectivity index is 3.18. The molecule has 0 aliphatic rings. The molecule has 0 aromatic rings. The molecule has 0 radical (unpaired) electrons. The first kappa shape index (κ1) is 9.51. The summed E-state index contributed by atoms with van der Waals surface area (Å²) < 4.78 is 0. The number of rotatable bonds is 5. The quantitative estimate of drug-likeness (QED) is 0.433. The molecule has 0 aromatic heterocycles. The Bertz CT molecular complexity index is 50.9. The van der Waals surface area contributed by atoms with Crippen LogP contribution in [0.25, 0.3) is 0 Å². The van der Waals surface area contributed by atoms with Gasteiger partial charge in [-0.1, -0.05) is 39.5 Å². The van der Waals surface area contributed by atoms with E-state index in [2.05, 4.69) is 13.8 Å². The van der Waals surface area contributed by atoms with Crippen molar-refractivity contribution in [3.8, 4) is 0 Å². The molecular formula is C7H17ClSi. The standard InChI is InChI=1S/C7H17ClSi/c1-3-5-7(9-8)6-4-2/h7H,3-6,9H2,1-2H3. The monoisotopic (exact) mass is 164 g/mol. The van der Waals surface area contributed by atoms with Crippen molar-refractivity contribution in [2.75, 3.05) is 0 Å². The molecule has 0 aliphatic carbocycles. The van der Waals surface area contributed by atoms with Crippen LogP contribution in [0.2, 0.25) is 5.54 Å². The molecule has 9 heavy (non-hydrogen) atoms. The highest BCUT2D eigenvalue weighted by atomic mass is 35.6. The predicted octanol–water partition coefficient (Wildman–Crippen LogP) is 2.70. The van der Waals surface area contributed by atoms with E-state index in [1.807, 2.05) is 0 Å². The Morgan fingerprint density at radius 2 is 1.67 bits per heavy atom. The molecule has 0 saturated heterocycles. The van der Waals surface area contributed by atoms with Gasteiger partial charge in [0.2, 0.25) is 0 Å². The first-order valence-corrected chi connectivity index (χ1v) is 6.86. The second kappa shape index (κ2) is 6.62. The summed E-state index contributed by atoms with van der Waals surface area (Å²) in [4.78, 5) is 0. The normalized spacial score (nSPS) is 12.0. The van der Waals surface area contributed by atoms with Crippen molar-refractivity contribution in [3.05, 3.63) is 0 Å². The summed E-state index contributed by atoms with van der Waals surface area (Å²) in [7, 11) is -0.222. The van der Waals surface area contributed by atoms with E-state index in [1.165, 1.54) is 25.7 Å². The van der Waals surface area contributed by atoms with Crippen molar-refractivity contribution in [2.24, 2.45) is 0 Å². The lowest BCUT2D eigenvalue weighted by Crippen LogP contribution is -1.96. The molecule has 0 N–H and O–H groups in total. The molecule has 0 aromatic carbocycles. The van der Waals surface area contributed by atoms with Gasteiger partial charge < -0.3 is 0 Å². The summed E-state index contributed by atoms with van der Waals surface area (Å²) in [6.07, 6.45) is 5.35. The van der Waals surface area contributed by atoms with Crippen LogP contribution < -0.4 is 0 Å². The van der Waals surface area contributed by atoms with Crippen LogP contribution in [0.15, 0.2) is 0 Å². The fraction of sp³-hybridized carbons (Fsp3) is 1.00. The van der Waals surface area contributed by atoms with Gasteiger partial charge in [0.1, 0.15) is 8.83 Å². The summed E-state index contributed by atoms with van der Waals surface area (Å²) in [6, 6.07) is 0. The average molecular weight is 165 g/mol. The number of hydrogen-bond acceptors (Lipinski definition) is 0. The Morgan fingerprint density at radius 1 is 1.22 bits per heavy atom. The van der Waals surface area contributed by atoms with Crippen molar-refractivity contribution in [2.45, 2.75) is 45.1 Å². The average Bonchev–Trinajstić information content (AvgIpc) is 1.88. The molecular weight excluding hydrogens is 148 g/mol. The van der Waals surface area contributed by atoms with E-state index in [9.17, 15) is 0 Å². The van der Waals surface area contributed by atoms with E-state index in [0.717, 1.165) is 5.54 Å². The SMILES string of the molecule is CCCC(CCC)[SiH2]Cl. The molecule has 0 amide bonds. The highest BCUT2D eigenvalue weighted by molar-refractivity contribution is 6.94. The molecule has 56 valence electrons. The molecule has 0 unspecified atom stereocenters. The fourth-order valence-electron chi connectivity index (χ4n) is 1.12. The second-order valence-electron chi connectivity index (χ2n) is 2.60. The third-order valence-corrected chi connectivity index (χ3v) is 4.17. The van der Waals surface area contributed by atoms with Gasteiger partial charge in [-0.3, -0.25) is 0 Å². The van der Waals surface area contributed by atoms with Crippen LogP contribution in [-0.2, 0) is 0 Å². The maximum atomic E-state index is 5.86. The minimum atomic E-state index is -0.222. The summed E-state index contributed by atoms with van der Waals surface area (Å²) >= 11 is 5.86. The van der Waals surface area contributed by atoms with Crippen molar-refractivity contribution < 1.29 is 0 Å². The Kier molecular flexibility index (Phi) is 7.00. The zero-order chi connectivity index (χ0) is 7.11. The minimum Gasteiger partial charge on any atom is -0.176 e. The maximum absolute atomic E-state index is 5.86. The largest absolute Gasteiger partial charge is 0.176 e. The molecule has 0 saturated carbocycles. The lowest BCUT2D eigenvalue weighted by molar-refractivity contribution is 0.653. The third kappa shape index (κ3) is 4.98. The van der Waals surface area contributed by atoms with Gasteiger partial charge in [-0.05, 0) is 5.54 Å². The van der Waals surface area contributed by atoms with E-state index in [4.69, 9.17) is 11.1 Å². The van der Waals surface area contributed by atoms with Crippen LogP contribution in [0.5, 0.6) is 0 Å². The van der Waals surface area contributed by atoms with Gasteiger partial charge in [0.05, 0.1) is 0 Å². The Morgan fingerprint density at radius 3 is 1.89 bits per heavy atom. The predicted molar refractivity (Wildman–Crippen MR) is 48.0 cm³/mol. The fourth-order valence-corrected chi connectivity index (χ4v) is 3.17. The summed E-state index contributed by atoms with van der Waals surface area (Å²) in [5.74, 6) is 0. The van der Waals surface area contributed by atoms with Crippen LogP contribution in [0.1, 0.15) is 39.5 Å². The van der Waals surface area contributed by atoms with E-state index < -0.39 is 0 Å². The Hall–Kier alpha value is 0.507. The van der Waals surface area contributed by atoms with Gasteiger partial charge in [-0.15, -0.1) is 0 Å². The van der Waals surface area contributed by atoms with Crippen molar-refractivity contribution in [1.82, 2.24) is 0 Å². The molecule has 0 nitrogen and oxygen atoms in total. The summed E-state index contributed by atoms with van der Waals surface area (Å²) in [5.41, 5.74) is 0.918. The molecule has 0 fully saturated rings. The van der Waals surface area contributed by atoms with Gasteiger partial charge in [0.15, 0.2) is 0 Å². The highest BCUT2D eigenvalue weighted by Crippen LogP contribution is 2.19. The third-order valence-electron chi connectivity index (χ3n) is 1.61. The molecule has 0 aliphatic heterocycles. The lowest BCUT2D eigenvalue weighted by Gasteiger charge is -2.08. The van der Waals surface area contributed by atoms with E-state index >= 15 is 0 Å². The van der Waals surface area contributed by atoms with Crippen LogP contribution in [0.3, 0.4) is 0 Å². The smallest absolute Gasteiger partial charge is 0.128 e. The first-order valence-electron chi connectivity index (χ1n) is 3.91. The van der Waals surface area contributed by atoms with Crippen LogP contribution in [0.4, 0.5) is 0 Å². The highest BCUT2D eigenvalue weighted by Gasteiger charge is 2.03. The van der Waals surface area contributed by atoms with E-state index in [0.29, 0.717) is 0 Å². The lowest BCUT2D eigenvalue weighted by atomic mass is 10.1. The topological polar surface area (TPSA) is 0 Å². The molecule has 0 spiro atoms. The molecule has 0 bridgehead atoms. The van der Waals surface area contributed by atoms with E-state index in [-0.39, 0.29) is 8.83 Å². The van der Waals surface area contributed by atoms with Gasteiger partial charge in [0, 0.05) is 0 Å². The van der Waals surface area contributed by atoms with Gasteiger partial charge >= 0.3 is 0 Å². The zero-order valence-electron chi connectivity index (χ0n) is 6.49. The number of halogens is 1. The van der Waals surface area contributed by atoms with E-state index in [1.54, 1.807) is 0 Å². The van der Waals surface area contributed by atoms with Crippen LogP contribution in [0, 0.1) is 0 Å². The summed E-state index contributed by atoms with van der Waals surface area (Å²) in [5, 5.41) is 0. The molecule has 0 atom stereocenters. The van der Waals surface area contributed by atoms with Crippen molar-refractivity contribution >= 4 is 19.9 Å². The van der Waals surface area contributed by atoms with Gasteiger partial charge in [-0.2, -0.15) is 11.1 Å². The molecule has 0 heterocycles. The molecule has 2 heteroatoms. The zero-order valence-corrected chi connectivity index (χ0v) is 8.66. The molecule has 0 rings (SSSR count). The van der Waals surface area contributed by atoms with Gasteiger partial charge in [0.25, 0.3) is 0 Å². The first-order chi connectivity index (χ1) is 4.35. The van der Waals surface area contributed by atoms with Crippen molar-refractivity contribution in [1.29, 1.82) is 0 Å². The number of hydrogen-bond donors (Lipinski definition) is 0. The van der Waals surface area contributed by atoms with Crippen molar-refractivity contribution in [3.63, 3.8) is 0 Å². The summed E-state index contributed by atoms with van der Waals surface area (Å²) in [6.45, 7) is 4.48. The maximum Gasteiger partial charge on any atom is 0.128 e. The minimum absolute atomic E-state index is 0.222. The van der Waals surface area contributed by atoms with Gasteiger partial charge in [-0.25, -0.2) is 0 Å². The van der Waals surface area contributed by atoms with Crippen LogP contribution >= 0.6 is 11.1 Å².